The minimum absolute atomic E-state index is 0.136. The number of aryl methyl sites for hydroxylation is 1. The van der Waals surface area contributed by atoms with E-state index in [4.69, 9.17) is 10.5 Å². The van der Waals surface area contributed by atoms with Crippen LogP contribution in [0.4, 0.5) is 10.1 Å². The number of nitrogens with two attached hydrogens (primary N) is 1. The zero-order valence-electron chi connectivity index (χ0n) is 20.2. The largest absolute Gasteiger partial charge is 0.426 e. The van der Waals surface area contributed by atoms with Gasteiger partial charge in [0.1, 0.15) is 11.6 Å². The van der Waals surface area contributed by atoms with Crippen LogP contribution >= 0.6 is 0 Å². The third-order valence-corrected chi connectivity index (χ3v) is 6.32. The van der Waals surface area contributed by atoms with E-state index in [0.717, 1.165) is 11.1 Å². The van der Waals surface area contributed by atoms with Gasteiger partial charge < -0.3 is 15.8 Å². The van der Waals surface area contributed by atoms with E-state index in [9.17, 15) is 18.8 Å². The molecule has 5 rings (SSSR count). The maximum absolute atomic E-state index is 14.0. The molecule has 186 valence electrons. The second-order valence-corrected chi connectivity index (χ2v) is 8.78. The first-order valence-corrected chi connectivity index (χ1v) is 11.6. The number of ether oxygens (including phenoxy) is 1. The number of halogens is 1. The van der Waals surface area contributed by atoms with Gasteiger partial charge in [0.2, 0.25) is 0 Å². The Labute approximate surface area is 211 Å². The molecule has 0 spiro atoms. The molecule has 0 saturated carbocycles. The zero-order valence-corrected chi connectivity index (χ0v) is 20.2. The van der Waals surface area contributed by atoms with Crippen LogP contribution in [-0.4, -0.2) is 27.6 Å². The molecule has 0 saturated heterocycles. The summed E-state index contributed by atoms with van der Waals surface area (Å²) in [5.74, 6) is -1.64. The number of hydrogen-bond acceptors (Lipinski definition) is 5. The SMILES string of the molecule is CC(=O)Oc1cccc(C(=O)Nc2ccc3c(c2)-c2c(c(C(N)=O)nn2-c2cccc(F)c2)CC3)c1C. The molecule has 9 heteroatoms. The number of nitrogens with zero attached hydrogens (tertiary/aromatic N) is 2. The van der Waals surface area contributed by atoms with Gasteiger partial charge in [-0.1, -0.05) is 18.2 Å². The van der Waals surface area contributed by atoms with E-state index >= 15 is 0 Å². The summed E-state index contributed by atoms with van der Waals surface area (Å²) in [6.45, 7) is 3.00. The van der Waals surface area contributed by atoms with E-state index < -0.39 is 17.7 Å². The monoisotopic (exact) mass is 498 g/mol. The topological polar surface area (TPSA) is 116 Å². The summed E-state index contributed by atoms with van der Waals surface area (Å²) in [6.07, 6.45) is 1.19. The van der Waals surface area contributed by atoms with E-state index in [1.165, 1.54) is 23.7 Å². The first kappa shape index (κ1) is 23.9. The maximum Gasteiger partial charge on any atom is 0.308 e. The summed E-state index contributed by atoms with van der Waals surface area (Å²) in [4.78, 5) is 36.7. The minimum Gasteiger partial charge on any atom is -0.426 e. The number of carbonyl (C=O) groups excluding carboxylic acids is 3. The predicted molar refractivity (Wildman–Crippen MR) is 135 cm³/mol. The van der Waals surface area contributed by atoms with Crippen LogP contribution in [0.15, 0.2) is 60.7 Å². The highest BCUT2D eigenvalue weighted by molar-refractivity contribution is 6.06. The highest BCUT2D eigenvalue weighted by atomic mass is 19.1. The van der Waals surface area contributed by atoms with Gasteiger partial charge >= 0.3 is 5.97 Å². The van der Waals surface area contributed by atoms with Gasteiger partial charge in [-0.3, -0.25) is 14.4 Å². The number of anilines is 1. The first-order valence-electron chi connectivity index (χ1n) is 11.6. The normalized spacial score (nSPS) is 11.9. The number of rotatable bonds is 5. The number of aromatic nitrogens is 2. The van der Waals surface area contributed by atoms with Crippen LogP contribution in [0.5, 0.6) is 5.75 Å². The summed E-state index contributed by atoms with van der Waals surface area (Å²) >= 11 is 0. The summed E-state index contributed by atoms with van der Waals surface area (Å²) in [6, 6.07) is 16.3. The fourth-order valence-electron chi connectivity index (χ4n) is 4.63. The van der Waals surface area contributed by atoms with Gasteiger partial charge in [0.15, 0.2) is 5.69 Å². The molecule has 1 aromatic heterocycles. The zero-order chi connectivity index (χ0) is 26.3. The number of benzene rings is 3. The highest BCUT2D eigenvalue weighted by Crippen LogP contribution is 2.38. The van der Waals surface area contributed by atoms with E-state index in [0.29, 0.717) is 52.4 Å². The minimum atomic E-state index is -0.664. The van der Waals surface area contributed by atoms with Crippen molar-refractivity contribution in [2.75, 3.05) is 5.32 Å². The van der Waals surface area contributed by atoms with Crippen LogP contribution in [0.3, 0.4) is 0 Å². The van der Waals surface area contributed by atoms with Crippen molar-refractivity contribution in [2.24, 2.45) is 5.73 Å². The molecule has 4 aromatic rings. The molecule has 37 heavy (non-hydrogen) atoms. The molecule has 0 bridgehead atoms. The average Bonchev–Trinajstić information content (AvgIpc) is 3.26. The maximum atomic E-state index is 14.0. The van der Waals surface area contributed by atoms with Crippen LogP contribution in [0.25, 0.3) is 16.9 Å². The molecule has 0 atom stereocenters. The molecular formula is C28H23FN4O4. The smallest absolute Gasteiger partial charge is 0.308 e. The summed E-state index contributed by atoms with van der Waals surface area (Å²) in [5.41, 5.74) is 10.7. The van der Waals surface area contributed by atoms with Gasteiger partial charge in [-0.15, -0.1) is 0 Å². The van der Waals surface area contributed by atoms with Crippen LogP contribution < -0.4 is 15.8 Å². The van der Waals surface area contributed by atoms with Gasteiger partial charge in [0.05, 0.1) is 11.4 Å². The third kappa shape index (κ3) is 4.47. The Morgan fingerprint density at radius 1 is 1.05 bits per heavy atom. The van der Waals surface area contributed by atoms with Crippen molar-refractivity contribution < 1.29 is 23.5 Å². The van der Waals surface area contributed by atoms with Gasteiger partial charge in [0, 0.05) is 34.9 Å². The molecule has 8 nitrogen and oxygen atoms in total. The quantitative estimate of drug-likeness (QED) is 0.313. The predicted octanol–water partition coefficient (Wildman–Crippen LogP) is 4.36. The van der Waals surface area contributed by atoms with Gasteiger partial charge in [-0.25, -0.2) is 9.07 Å². The molecule has 1 heterocycles. The summed E-state index contributed by atoms with van der Waals surface area (Å²) in [5, 5.41) is 7.33. The van der Waals surface area contributed by atoms with Gasteiger partial charge in [-0.2, -0.15) is 5.10 Å². The first-order chi connectivity index (χ1) is 17.7. The van der Waals surface area contributed by atoms with Crippen molar-refractivity contribution in [3.63, 3.8) is 0 Å². The summed E-state index contributed by atoms with van der Waals surface area (Å²) in [7, 11) is 0. The molecule has 3 aromatic carbocycles. The Hall–Kier alpha value is -4.79. The number of esters is 1. The molecule has 2 amide bonds. The Morgan fingerprint density at radius 3 is 2.57 bits per heavy atom. The third-order valence-electron chi connectivity index (χ3n) is 6.32. The number of primary amides is 1. The molecule has 0 unspecified atom stereocenters. The second-order valence-electron chi connectivity index (χ2n) is 8.78. The number of hydrogen-bond donors (Lipinski definition) is 2. The molecule has 0 radical (unpaired) electrons. The Kier molecular flexibility index (Phi) is 6.04. The Balaban J connectivity index is 1.56. The lowest BCUT2D eigenvalue weighted by atomic mass is 9.88. The van der Waals surface area contributed by atoms with Crippen LogP contribution in [-0.2, 0) is 17.6 Å². The molecule has 3 N–H and O–H groups in total. The van der Waals surface area contributed by atoms with Crippen LogP contribution in [0.2, 0.25) is 0 Å². The lowest BCUT2D eigenvalue weighted by molar-refractivity contribution is -0.131. The average molecular weight is 499 g/mol. The fourth-order valence-corrected chi connectivity index (χ4v) is 4.63. The lowest BCUT2D eigenvalue weighted by Gasteiger charge is -2.20. The number of nitrogens with one attached hydrogen (secondary N) is 1. The molecule has 0 fully saturated rings. The van der Waals surface area contributed by atoms with Gasteiger partial charge in [-0.05, 0) is 67.8 Å². The molecular weight excluding hydrogens is 475 g/mol. The van der Waals surface area contributed by atoms with E-state index in [2.05, 4.69) is 10.4 Å². The highest BCUT2D eigenvalue weighted by Gasteiger charge is 2.28. The van der Waals surface area contributed by atoms with Crippen LogP contribution in [0.1, 0.15) is 44.5 Å². The number of carbonyl (C=O) groups is 3. The van der Waals surface area contributed by atoms with Crippen molar-refractivity contribution in [3.05, 3.63) is 94.4 Å². The van der Waals surface area contributed by atoms with Crippen molar-refractivity contribution in [3.8, 4) is 22.7 Å². The van der Waals surface area contributed by atoms with E-state index in [-0.39, 0.29) is 11.6 Å². The standard InChI is InChI=1S/C28H23FN4O4/c1-15-21(7-4-8-24(15)37-16(2)34)28(36)31-19-11-9-17-10-12-22-25(27(30)35)32-33(26(22)23(17)14-19)20-6-3-5-18(29)13-20/h3-9,11,13-14H,10,12H2,1-2H3,(H2,30,35)(H,31,36). The summed E-state index contributed by atoms with van der Waals surface area (Å²) < 4.78 is 20.8. The Bertz CT molecular complexity index is 1590. The van der Waals surface area contributed by atoms with E-state index in [1.807, 2.05) is 6.07 Å². The molecule has 1 aliphatic carbocycles. The second kappa shape index (κ2) is 9.34. The number of fused-ring (bicyclic) bond motifs is 3. The van der Waals surface area contributed by atoms with Gasteiger partial charge in [0.25, 0.3) is 11.8 Å². The van der Waals surface area contributed by atoms with Crippen molar-refractivity contribution in [1.29, 1.82) is 0 Å². The van der Waals surface area contributed by atoms with Crippen molar-refractivity contribution in [2.45, 2.75) is 26.7 Å². The van der Waals surface area contributed by atoms with E-state index in [1.54, 1.807) is 49.4 Å². The van der Waals surface area contributed by atoms with Crippen molar-refractivity contribution >= 4 is 23.5 Å². The van der Waals surface area contributed by atoms with Crippen LogP contribution in [0, 0.1) is 12.7 Å². The van der Waals surface area contributed by atoms with Crippen molar-refractivity contribution in [1.82, 2.24) is 9.78 Å². The Morgan fingerprint density at radius 2 is 1.84 bits per heavy atom. The number of amides is 2. The fraction of sp³-hybridized carbons (Fsp3) is 0.143. The molecule has 1 aliphatic rings. The lowest BCUT2D eigenvalue weighted by Crippen LogP contribution is -2.16. The molecule has 0 aliphatic heterocycles.